The van der Waals surface area contributed by atoms with Gasteiger partial charge in [-0.3, -0.25) is 4.99 Å². The van der Waals surface area contributed by atoms with Crippen LogP contribution in [0.2, 0.25) is 10.0 Å². The fourth-order valence-electron chi connectivity index (χ4n) is 2.39. The quantitative estimate of drug-likeness (QED) is 0.907. The highest BCUT2D eigenvalue weighted by Gasteiger charge is 2.29. The Labute approximate surface area is 131 Å². The van der Waals surface area contributed by atoms with Crippen molar-refractivity contribution in [3.05, 3.63) is 63.9 Å². The number of anilines is 1. The summed E-state index contributed by atoms with van der Waals surface area (Å²) in [6.07, 6.45) is 0. The van der Waals surface area contributed by atoms with Crippen molar-refractivity contribution < 1.29 is 4.39 Å². The number of hydrogen-bond acceptors (Lipinski definition) is 3. The van der Waals surface area contributed by atoms with E-state index in [2.05, 4.69) is 4.99 Å². The van der Waals surface area contributed by atoms with E-state index in [1.165, 1.54) is 6.07 Å². The molecule has 1 aliphatic heterocycles. The first-order valence-corrected chi connectivity index (χ1v) is 7.11. The van der Waals surface area contributed by atoms with Crippen LogP contribution in [0.1, 0.15) is 11.6 Å². The van der Waals surface area contributed by atoms with Gasteiger partial charge in [-0.1, -0.05) is 29.3 Å². The van der Waals surface area contributed by atoms with Crippen LogP contribution in [0.4, 0.5) is 10.1 Å². The average molecular weight is 324 g/mol. The average Bonchev–Trinajstić information content (AvgIpc) is 2.85. The van der Waals surface area contributed by atoms with Crippen molar-refractivity contribution in [2.24, 2.45) is 10.7 Å². The SMILES string of the molecule is NC1=NCC(c2ccc(Cl)c(F)c2)N1c1ccc(Cl)cc1. The minimum Gasteiger partial charge on any atom is -0.369 e. The first-order chi connectivity index (χ1) is 10.1. The summed E-state index contributed by atoms with van der Waals surface area (Å²) in [4.78, 5) is 6.12. The monoisotopic (exact) mass is 323 g/mol. The molecule has 108 valence electrons. The molecule has 2 aromatic carbocycles. The van der Waals surface area contributed by atoms with Crippen LogP contribution < -0.4 is 10.6 Å². The van der Waals surface area contributed by atoms with Crippen LogP contribution in [0.5, 0.6) is 0 Å². The Morgan fingerprint density at radius 3 is 2.52 bits per heavy atom. The van der Waals surface area contributed by atoms with Crippen LogP contribution in [0.3, 0.4) is 0 Å². The van der Waals surface area contributed by atoms with Gasteiger partial charge < -0.3 is 10.6 Å². The highest BCUT2D eigenvalue weighted by atomic mass is 35.5. The van der Waals surface area contributed by atoms with Crippen molar-refractivity contribution >= 4 is 34.8 Å². The van der Waals surface area contributed by atoms with Crippen molar-refractivity contribution in [3.8, 4) is 0 Å². The second-order valence-corrected chi connectivity index (χ2v) is 5.58. The van der Waals surface area contributed by atoms with Crippen molar-refractivity contribution in [2.75, 3.05) is 11.4 Å². The van der Waals surface area contributed by atoms with E-state index >= 15 is 0 Å². The molecule has 0 radical (unpaired) electrons. The first-order valence-electron chi connectivity index (χ1n) is 6.36. The Morgan fingerprint density at radius 1 is 1.14 bits per heavy atom. The third-order valence-electron chi connectivity index (χ3n) is 3.42. The summed E-state index contributed by atoms with van der Waals surface area (Å²) in [7, 11) is 0. The molecule has 0 aromatic heterocycles. The number of hydrogen-bond donors (Lipinski definition) is 1. The molecule has 0 saturated heterocycles. The molecule has 0 fully saturated rings. The minimum atomic E-state index is -0.448. The van der Waals surface area contributed by atoms with Crippen molar-refractivity contribution in [1.82, 2.24) is 0 Å². The predicted molar refractivity (Wildman–Crippen MR) is 84.6 cm³/mol. The molecule has 2 aromatic rings. The maximum absolute atomic E-state index is 13.7. The molecule has 1 atom stereocenters. The van der Waals surface area contributed by atoms with Crippen molar-refractivity contribution in [1.29, 1.82) is 0 Å². The van der Waals surface area contributed by atoms with Gasteiger partial charge in [0.15, 0.2) is 5.96 Å². The van der Waals surface area contributed by atoms with Crippen LogP contribution in [0.15, 0.2) is 47.5 Å². The molecule has 2 N–H and O–H groups in total. The second kappa shape index (κ2) is 5.54. The van der Waals surface area contributed by atoms with Gasteiger partial charge in [-0.2, -0.15) is 0 Å². The van der Waals surface area contributed by atoms with Gasteiger partial charge in [0.1, 0.15) is 5.82 Å². The summed E-state index contributed by atoms with van der Waals surface area (Å²) in [6, 6.07) is 11.9. The number of nitrogens with zero attached hydrogens (tertiary/aromatic N) is 2. The zero-order valence-electron chi connectivity index (χ0n) is 10.9. The fraction of sp³-hybridized carbons (Fsp3) is 0.133. The molecular weight excluding hydrogens is 312 g/mol. The standard InChI is InChI=1S/C15H12Cl2FN3/c16-10-2-4-11(5-3-10)21-14(8-20-15(21)19)9-1-6-12(17)13(18)7-9/h1-7,14H,8H2,(H2,19,20). The predicted octanol–water partition coefficient (Wildman–Crippen LogP) is 4.01. The molecule has 6 heteroatoms. The number of guanidine groups is 1. The first kappa shape index (κ1) is 14.2. The third kappa shape index (κ3) is 2.69. The van der Waals surface area contributed by atoms with Crippen LogP contribution in [0.25, 0.3) is 0 Å². The summed E-state index contributed by atoms with van der Waals surface area (Å²) in [6.45, 7) is 0.468. The minimum absolute atomic E-state index is 0.101. The van der Waals surface area contributed by atoms with E-state index < -0.39 is 5.82 Å². The molecule has 1 unspecified atom stereocenters. The van der Waals surface area contributed by atoms with Gasteiger partial charge >= 0.3 is 0 Å². The molecule has 3 nitrogen and oxygen atoms in total. The van der Waals surface area contributed by atoms with Gasteiger partial charge in [0.2, 0.25) is 0 Å². The normalized spacial score (nSPS) is 18.0. The second-order valence-electron chi connectivity index (χ2n) is 4.73. The molecule has 0 bridgehead atoms. The van der Waals surface area contributed by atoms with Gasteiger partial charge in [-0.25, -0.2) is 4.39 Å². The van der Waals surface area contributed by atoms with E-state index in [0.717, 1.165) is 11.3 Å². The summed E-state index contributed by atoms with van der Waals surface area (Å²) in [5.41, 5.74) is 7.60. The maximum atomic E-state index is 13.7. The summed E-state index contributed by atoms with van der Waals surface area (Å²) in [5, 5.41) is 0.742. The largest absolute Gasteiger partial charge is 0.369 e. The van der Waals surface area contributed by atoms with Crippen LogP contribution in [-0.4, -0.2) is 12.5 Å². The fourth-order valence-corrected chi connectivity index (χ4v) is 2.63. The van der Waals surface area contributed by atoms with Gasteiger partial charge in [-0.15, -0.1) is 0 Å². The summed E-state index contributed by atoms with van der Waals surface area (Å²) in [5.74, 6) is -0.0478. The number of nitrogens with two attached hydrogens (primary N) is 1. The smallest absolute Gasteiger partial charge is 0.196 e. The number of rotatable bonds is 2. The zero-order chi connectivity index (χ0) is 15.0. The Hall–Kier alpha value is -1.78. The van der Waals surface area contributed by atoms with Gasteiger partial charge in [0, 0.05) is 10.7 Å². The molecule has 0 aliphatic carbocycles. The Balaban J connectivity index is 1.98. The van der Waals surface area contributed by atoms with Crippen molar-refractivity contribution in [3.63, 3.8) is 0 Å². The molecule has 3 rings (SSSR count). The topological polar surface area (TPSA) is 41.6 Å². The molecule has 1 heterocycles. The van der Waals surface area contributed by atoms with Crippen LogP contribution >= 0.6 is 23.2 Å². The van der Waals surface area contributed by atoms with E-state index in [0.29, 0.717) is 17.5 Å². The number of aliphatic imine (C=N–C) groups is 1. The molecular formula is C15H12Cl2FN3. The van der Waals surface area contributed by atoms with E-state index in [-0.39, 0.29) is 11.1 Å². The van der Waals surface area contributed by atoms with Crippen molar-refractivity contribution in [2.45, 2.75) is 6.04 Å². The number of benzene rings is 2. The lowest BCUT2D eigenvalue weighted by molar-refractivity contribution is 0.622. The van der Waals surface area contributed by atoms with E-state index in [4.69, 9.17) is 28.9 Å². The third-order valence-corrected chi connectivity index (χ3v) is 3.98. The van der Waals surface area contributed by atoms with Gasteiger partial charge in [0.25, 0.3) is 0 Å². The van der Waals surface area contributed by atoms with Gasteiger partial charge in [0.05, 0.1) is 17.6 Å². The lowest BCUT2D eigenvalue weighted by Crippen LogP contribution is -2.36. The lowest BCUT2D eigenvalue weighted by Gasteiger charge is -2.26. The maximum Gasteiger partial charge on any atom is 0.196 e. The van der Waals surface area contributed by atoms with Crippen LogP contribution in [-0.2, 0) is 0 Å². The zero-order valence-corrected chi connectivity index (χ0v) is 12.4. The molecule has 21 heavy (non-hydrogen) atoms. The Kier molecular flexibility index (Phi) is 3.74. The highest BCUT2D eigenvalue weighted by molar-refractivity contribution is 6.31. The van der Waals surface area contributed by atoms with Gasteiger partial charge in [-0.05, 0) is 42.0 Å². The molecule has 0 saturated carbocycles. The Bertz CT molecular complexity index is 701. The summed E-state index contributed by atoms with van der Waals surface area (Å²) < 4.78 is 13.7. The molecule has 0 amide bonds. The number of halogens is 3. The lowest BCUT2D eigenvalue weighted by atomic mass is 10.1. The molecule has 1 aliphatic rings. The van der Waals surface area contributed by atoms with E-state index in [1.54, 1.807) is 24.3 Å². The van der Waals surface area contributed by atoms with E-state index in [1.807, 2.05) is 17.0 Å². The highest BCUT2D eigenvalue weighted by Crippen LogP contribution is 2.32. The van der Waals surface area contributed by atoms with E-state index in [9.17, 15) is 4.39 Å². The summed E-state index contributed by atoms with van der Waals surface area (Å²) >= 11 is 11.6. The molecule has 0 spiro atoms. The van der Waals surface area contributed by atoms with Crippen LogP contribution in [0, 0.1) is 5.82 Å². The Morgan fingerprint density at radius 2 is 1.86 bits per heavy atom.